The lowest BCUT2D eigenvalue weighted by Gasteiger charge is -2.34. The van der Waals surface area contributed by atoms with Gasteiger partial charge in [-0.25, -0.2) is 0 Å². The first-order valence-electron chi connectivity index (χ1n) is 18.9. The molecule has 2 fully saturated rings. The number of piperidine rings is 1. The van der Waals surface area contributed by atoms with Gasteiger partial charge in [-0.3, -0.25) is 19.8 Å². The lowest BCUT2D eigenvalue weighted by Crippen LogP contribution is -2.47. The molecule has 8 rings (SSSR count). The third kappa shape index (κ3) is 7.58. The number of imide groups is 1. The minimum Gasteiger partial charge on any atom is -0.508 e. The Balaban J connectivity index is 0.797. The van der Waals surface area contributed by atoms with Gasteiger partial charge in [-0.15, -0.1) is 0 Å². The fraction of sp³-hybridized carbons (Fsp3) is 0.318. The first kappa shape index (κ1) is 35.4. The normalized spacial score (nSPS) is 17.0. The van der Waals surface area contributed by atoms with Gasteiger partial charge in [-0.05, 0) is 122 Å². The van der Waals surface area contributed by atoms with Gasteiger partial charge in [-0.1, -0.05) is 18.2 Å². The second-order valence-electron chi connectivity index (χ2n) is 14.6. The molecule has 6 aromatic rings. The molecule has 1 unspecified atom stereocenters. The highest BCUT2D eigenvalue weighted by Gasteiger charge is 2.30. The van der Waals surface area contributed by atoms with Crippen LogP contribution in [0.1, 0.15) is 47.4 Å². The summed E-state index contributed by atoms with van der Waals surface area (Å²) in [5, 5.41) is 24.5. The standard InChI is InChI=1S/C44H46N4O6/c1-29-37-26-34(50)11-15-40(37)48(43(29)32-7-9-33(49)10-8-32)27-31-4-12-35(13-5-31)53-24-23-47-21-19-46(20-22-47)18-2-3-30-6-16-41-38(25-30)39(28-54-41)36-14-17-42(51)45-44(36)52/h4-13,15-16,25-26,28,36,49-50H,2-3,14,17-24,27H2,1H3,(H,45,51,52). The van der Waals surface area contributed by atoms with E-state index in [1.165, 1.54) is 5.56 Å². The Kier molecular flexibility index (Phi) is 10.1. The molecule has 2 aromatic heterocycles. The van der Waals surface area contributed by atoms with Crippen LogP contribution in [0.5, 0.6) is 17.2 Å². The predicted octanol–water partition coefficient (Wildman–Crippen LogP) is 6.97. The summed E-state index contributed by atoms with van der Waals surface area (Å²) in [7, 11) is 0. The topological polar surface area (TPSA) is 120 Å². The van der Waals surface area contributed by atoms with E-state index in [1.807, 2.05) is 42.5 Å². The highest BCUT2D eigenvalue weighted by molar-refractivity contribution is 6.02. The monoisotopic (exact) mass is 726 g/mol. The number of phenolic OH excluding ortho intramolecular Hbond substituents is 2. The minimum absolute atomic E-state index is 0.207. The van der Waals surface area contributed by atoms with E-state index in [9.17, 15) is 19.8 Å². The molecule has 1 atom stereocenters. The Morgan fingerprint density at radius 3 is 2.30 bits per heavy atom. The molecule has 4 aromatic carbocycles. The number of furan rings is 1. The number of piperazine rings is 1. The van der Waals surface area contributed by atoms with Crippen molar-refractivity contribution in [2.75, 3.05) is 45.9 Å². The van der Waals surface area contributed by atoms with Crippen LogP contribution in [0.2, 0.25) is 0 Å². The molecule has 10 heteroatoms. The van der Waals surface area contributed by atoms with Crippen LogP contribution in [0.15, 0.2) is 95.6 Å². The number of benzene rings is 4. The van der Waals surface area contributed by atoms with Gasteiger partial charge in [0, 0.05) is 67.5 Å². The lowest BCUT2D eigenvalue weighted by atomic mass is 9.90. The average Bonchev–Trinajstić information content (AvgIpc) is 3.71. The highest BCUT2D eigenvalue weighted by Crippen LogP contribution is 2.37. The molecular weight excluding hydrogens is 681 g/mol. The van der Waals surface area contributed by atoms with E-state index >= 15 is 0 Å². The van der Waals surface area contributed by atoms with E-state index in [0.29, 0.717) is 26.0 Å². The Morgan fingerprint density at radius 1 is 0.815 bits per heavy atom. The van der Waals surface area contributed by atoms with E-state index in [1.54, 1.807) is 24.5 Å². The number of nitrogens with zero attached hydrogens (tertiary/aromatic N) is 3. The van der Waals surface area contributed by atoms with Crippen LogP contribution >= 0.6 is 0 Å². The van der Waals surface area contributed by atoms with Crippen molar-refractivity contribution in [2.24, 2.45) is 0 Å². The largest absolute Gasteiger partial charge is 0.508 e. The minimum atomic E-state index is -0.349. The van der Waals surface area contributed by atoms with Crippen LogP contribution in [0.3, 0.4) is 0 Å². The lowest BCUT2D eigenvalue weighted by molar-refractivity contribution is -0.134. The second kappa shape index (κ2) is 15.4. The molecule has 54 heavy (non-hydrogen) atoms. The number of amides is 2. The first-order valence-corrected chi connectivity index (χ1v) is 18.9. The summed E-state index contributed by atoms with van der Waals surface area (Å²) in [6, 6.07) is 27.3. The number of hydrogen-bond donors (Lipinski definition) is 3. The quantitative estimate of drug-likeness (QED) is 0.116. The van der Waals surface area contributed by atoms with E-state index in [2.05, 4.69) is 50.9 Å². The van der Waals surface area contributed by atoms with E-state index in [4.69, 9.17) is 9.15 Å². The number of carbonyl (C=O) groups excluding carboxylic acids is 2. The van der Waals surface area contributed by atoms with Crippen LogP contribution in [0, 0.1) is 6.92 Å². The summed E-state index contributed by atoms with van der Waals surface area (Å²) in [6.07, 6.45) is 4.55. The molecule has 10 nitrogen and oxygen atoms in total. The van der Waals surface area contributed by atoms with Crippen LogP contribution in [0.25, 0.3) is 33.1 Å². The molecule has 0 spiro atoms. The van der Waals surface area contributed by atoms with E-state index < -0.39 is 0 Å². The third-order valence-electron chi connectivity index (χ3n) is 11.1. The van der Waals surface area contributed by atoms with Gasteiger partial charge >= 0.3 is 0 Å². The van der Waals surface area contributed by atoms with E-state index in [-0.39, 0.29) is 29.2 Å². The number of rotatable bonds is 12. The number of aryl methyl sites for hydroxylation is 2. The maximum absolute atomic E-state index is 12.5. The number of hydrogen-bond acceptors (Lipinski definition) is 8. The zero-order valence-electron chi connectivity index (χ0n) is 30.6. The van der Waals surface area contributed by atoms with Gasteiger partial charge in [0.05, 0.1) is 17.9 Å². The van der Waals surface area contributed by atoms with Crippen LogP contribution in [-0.4, -0.2) is 82.3 Å². The Hall–Kier alpha value is -5.58. The highest BCUT2D eigenvalue weighted by atomic mass is 16.5. The summed E-state index contributed by atoms with van der Waals surface area (Å²) in [5.74, 6) is 0.532. The molecule has 2 aliphatic rings. The molecule has 0 bridgehead atoms. The third-order valence-corrected chi connectivity index (χ3v) is 11.1. The van der Waals surface area contributed by atoms with Crippen molar-refractivity contribution in [3.63, 3.8) is 0 Å². The number of carbonyl (C=O) groups is 2. The van der Waals surface area contributed by atoms with Gasteiger partial charge in [0.25, 0.3) is 0 Å². The van der Waals surface area contributed by atoms with E-state index in [0.717, 1.165) is 108 Å². The number of phenols is 2. The zero-order valence-corrected chi connectivity index (χ0v) is 30.6. The van der Waals surface area contributed by atoms with Gasteiger partial charge in [-0.2, -0.15) is 0 Å². The summed E-state index contributed by atoms with van der Waals surface area (Å²) < 4.78 is 14.2. The molecule has 0 radical (unpaired) electrons. The molecule has 2 amide bonds. The van der Waals surface area contributed by atoms with Crippen molar-refractivity contribution in [2.45, 2.75) is 45.1 Å². The van der Waals surface area contributed by atoms with Gasteiger partial charge in [0.15, 0.2) is 0 Å². The molecule has 4 heterocycles. The molecular formula is C44H46N4O6. The summed E-state index contributed by atoms with van der Waals surface area (Å²) in [6.45, 7) is 9.39. The fourth-order valence-corrected chi connectivity index (χ4v) is 8.09. The van der Waals surface area contributed by atoms with Crippen molar-refractivity contribution < 1.29 is 29.0 Å². The molecule has 0 saturated carbocycles. The Bertz CT molecular complexity index is 2280. The molecule has 0 aliphatic carbocycles. The van der Waals surface area contributed by atoms with Crippen LogP contribution in [-0.2, 0) is 22.6 Å². The maximum atomic E-state index is 12.5. The number of nitrogens with one attached hydrogen (secondary N) is 1. The number of ether oxygens (including phenoxy) is 1. The summed E-state index contributed by atoms with van der Waals surface area (Å²) >= 11 is 0. The zero-order chi connectivity index (χ0) is 37.2. The Morgan fingerprint density at radius 2 is 1.54 bits per heavy atom. The fourth-order valence-electron chi connectivity index (χ4n) is 8.09. The average molecular weight is 727 g/mol. The summed E-state index contributed by atoms with van der Waals surface area (Å²) in [4.78, 5) is 29.1. The molecule has 278 valence electrons. The summed E-state index contributed by atoms with van der Waals surface area (Å²) in [5.41, 5.74) is 8.21. The van der Waals surface area contributed by atoms with Gasteiger partial charge in [0.1, 0.15) is 29.4 Å². The van der Waals surface area contributed by atoms with Gasteiger partial charge in [0.2, 0.25) is 11.8 Å². The van der Waals surface area contributed by atoms with Crippen molar-refractivity contribution in [3.8, 4) is 28.5 Å². The first-order chi connectivity index (χ1) is 26.3. The van der Waals surface area contributed by atoms with Crippen molar-refractivity contribution in [1.29, 1.82) is 0 Å². The van der Waals surface area contributed by atoms with Crippen molar-refractivity contribution >= 4 is 33.7 Å². The SMILES string of the molecule is Cc1c(-c2ccc(O)cc2)n(Cc2ccc(OCCN3CCN(CCCc4ccc5occ(C6CCC(=O)NC6=O)c5c4)CC3)cc2)c2ccc(O)cc12. The molecule has 2 saturated heterocycles. The van der Waals surface area contributed by atoms with Crippen LogP contribution in [0.4, 0.5) is 0 Å². The molecule has 3 N–H and O–H groups in total. The Labute approximate surface area is 314 Å². The maximum Gasteiger partial charge on any atom is 0.234 e. The van der Waals surface area contributed by atoms with Gasteiger partial charge < -0.3 is 28.8 Å². The molecule has 2 aliphatic heterocycles. The number of fused-ring (bicyclic) bond motifs is 2. The van der Waals surface area contributed by atoms with Crippen molar-refractivity contribution in [3.05, 3.63) is 113 Å². The predicted molar refractivity (Wildman–Crippen MR) is 209 cm³/mol. The van der Waals surface area contributed by atoms with Crippen molar-refractivity contribution in [1.82, 2.24) is 19.7 Å². The smallest absolute Gasteiger partial charge is 0.234 e. The number of aromatic nitrogens is 1. The second-order valence-corrected chi connectivity index (χ2v) is 14.6. The van der Waals surface area contributed by atoms with Crippen LogP contribution < -0.4 is 10.1 Å². The number of aromatic hydroxyl groups is 2.